The van der Waals surface area contributed by atoms with Gasteiger partial charge in [0, 0.05) is 42.3 Å². The summed E-state index contributed by atoms with van der Waals surface area (Å²) in [6.45, 7) is 3.23. The number of alkyl halides is 3. The van der Waals surface area contributed by atoms with Crippen molar-refractivity contribution in [3.63, 3.8) is 0 Å². The second kappa shape index (κ2) is 10.1. The fraction of sp³-hybridized carbons (Fsp3) is 0.138. The van der Waals surface area contributed by atoms with Gasteiger partial charge in [0.1, 0.15) is 23.2 Å². The number of hydrogen-bond acceptors (Lipinski definition) is 6. The molecule has 2 N–H and O–H groups in total. The van der Waals surface area contributed by atoms with Crippen LogP contribution in [0, 0.1) is 12.7 Å². The number of pyridine rings is 2. The number of benzene rings is 2. The van der Waals surface area contributed by atoms with E-state index in [4.69, 9.17) is 0 Å². The summed E-state index contributed by atoms with van der Waals surface area (Å²) >= 11 is 0. The molecular weight excluding hydrogens is 538 g/mol. The van der Waals surface area contributed by atoms with Crippen molar-refractivity contribution < 1.29 is 22.4 Å². The van der Waals surface area contributed by atoms with Gasteiger partial charge in [-0.25, -0.2) is 14.4 Å². The van der Waals surface area contributed by atoms with E-state index in [0.29, 0.717) is 30.3 Å². The van der Waals surface area contributed by atoms with E-state index < -0.39 is 17.6 Å². The zero-order valence-electron chi connectivity index (χ0n) is 21.5. The quantitative estimate of drug-likeness (QED) is 0.271. The molecule has 0 radical (unpaired) electrons. The normalized spacial score (nSPS) is 13.2. The van der Waals surface area contributed by atoms with Crippen molar-refractivity contribution in [1.82, 2.24) is 19.5 Å². The van der Waals surface area contributed by atoms with Gasteiger partial charge in [0.2, 0.25) is 0 Å². The number of halogens is 4. The minimum Gasteiger partial charge on any atom is -0.369 e. The maximum absolute atomic E-state index is 13.3. The Balaban J connectivity index is 1.37. The van der Waals surface area contributed by atoms with Crippen molar-refractivity contribution in [1.29, 1.82) is 0 Å². The smallest absolute Gasteiger partial charge is 0.369 e. The van der Waals surface area contributed by atoms with Crippen LogP contribution in [0.25, 0.3) is 22.5 Å². The lowest BCUT2D eigenvalue weighted by Crippen LogP contribution is -2.17. The van der Waals surface area contributed by atoms with E-state index in [2.05, 4.69) is 30.6 Å². The van der Waals surface area contributed by atoms with E-state index in [1.807, 2.05) is 23.6 Å². The van der Waals surface area contributed by atoms with Crippen LogP contribution in [-0.4, -0.2) is 32.0 Å². The summed E-state index contributed by atoms with van der Waals surface area (Å²) in [5.41, 5.74) is 3.19. The number of anilines is 2. The summed E-state index contributed by atoms with van der Waals surface area (Å²) in [7, 11) is 0. The van der Waals surface area contributed by atoms with Crippen molar-refractivity contribution in [2.75, 3.05) is 17.2 Å². The summed E-state index contributed by atoms with van der Waals surface area (Å²) in [4.78, 5) is 30.0. The maximum Gasteiger partial charge on any atom is 0.416 e. The highest BCUT2D eigenvalue weighted by atomic mass is 19.4. The van der Waals surface area contributed by atoms with Crippen molar-refractivity contribution >= 4 is 23.1 Å². The Morgan fingerprint density at radius 3 is 2.61 bits per heavy atom. The van der Waals surface area contributed by atoms with E-state index >= 15 is 0 Å². The average molecular weight is 560 g/mol. The van der Waals surface area contributed by atoms with Gasteiger partial charge in [-0.2, -0.15) is 18.2 Å². The van der Waals surface area contributed by atoms with Crippen LogP contribution in [0.3, 0.4) is 0 Å². The molecule has 0 saturated carbocycles. The van der Waals surface area contributed by atoms with Crippen LogP contribution in [0.1, 0.15) is 21.6 Å². The van der Waals surface area contributed by atoms with E-state index in [-0.39, 0.29) is 17.1 Å². The number of rotatable bonds is 4. The molecule has 2 aromatic carbocycles. The Morgan fingerprint density at radius 2 is 1.83 bits per heavy atom. The molecule has 3 aromatic rings. The summed E-state index contributed by atoms with van der Waals surface area (Å²) in [6.07, 6.45) is -1.96. The largest absolute Gasteiger partial charge is 0.416 e. The maximum atomic E-state index is 13.3. The number of carbonyl (C=O) groups excluding carboxylic acids is 1. The van der Waals surface area contributed by atoms with Gasteiger partial charge in [-0.3, -0.25) is 9.78 Å². The average Bonchev–Trinajstić information content (AvgIpc) is 3.45. The second-order valence-electron chi connectivity index (χ2n) is 9.43. The molecule has 3 aliphatic heterocycles. The Hall–Kier alpha value is -5.13. The summed E-state index contributed by atoms with van der Waals surface area (Å²) < 4.78 is 54.6. The first kappa shape index (κ1) is 26.1. The van der Waals surface area contributed by atoms with Gasteiger partial charge >= 0.3 is 6.18 Å². The molecule has 3 aliphatic rings. The number of carbonyl (C=O) groups is 1. The molecule has 0 saturated heterocycles. The highest BCUT2D eigenvalue weighted by Gasteiger charge is 2.31. The second-order valence-corrected chi connectivity index (χ2v) is 9.43. The van der Waals surface area contributed by atoms with Gasteiger partial charge in [-0.15, -0.1) is 0 Å². The van der Waals surface area contributed by atoms with E-state index in [9.17, 15) is 22.4 Å². The molecule has 0 aliphatic carbocycles. The molecule has 0 unspecified atom stereocenters. The minimum atomic E-state index is -4.59. The number of aromatic nitrogens is 4. The Bertz CT molecular complexity index is 1830. The van der Waals surface area contributed by atoms with Gasteiger partial charge in [0.25, 0.3) is 11.5 Å². The summed E-state index contributed by atoms with van der Waals surface area (Å²) in [5.74, 6) is 0.368. The number of nitrogens with one attached hydrogen (secondary N) is 2. The molecular formula is C29H21F4N7O. The molecule has 41 heavy (non-hydrogen) atoms. The molecule has 8 nitrogen and oxygen atoms in total. The lowest BCUT2D eigenvalue weighted by Gasteiger charge is -2.19. The first-order chi connectivity index (χ1) is 19.7. The van der Waals surface area contributed by atoms with Crippen molar-refractivity contribution in [3.05, 3.63) is 101 Å². The summed E-state index contributed by atoms with van der Waals surface area (Å²) in [5, 5.41) is 6.05. The molecule has 12 heteroatoms. The fourth-order valence-electron chi connectivity index (χ4n) is 4.67. The molecule has 1 aromatic heterocycles. The van der Waals surface area contributed by atoms with Gasteiger partial charge in [-0.1, -0.05) is 6.07 Å². The third kappa shape index (κ3) is 5.23. The third-order valence-electron chi connectivity index (χ3n) is 6.65. The van der Waals surface area contributed by atoms with E-state index in [1.165, 1.54) is 12.1 Å². The van der Waals surface area contributed by atoms with Crippen LogP contribution in [0.4, 0.5) is 34.8 Å². The SMILES string of the molecule is Cc1ccc(NC(=O)c2cc(C(F)(F)F)ccn2)cc1-c1cc2cnc(=Nc3ccc(F)cc3)nc-2n2c1NCC2. The third-order valence-corrected chi connectivity index (χ3v) is 6.65. The van der Waals surface area contributed by atoms with Gasteiger partial charge in [0.05, 0.1) is 11.3 Å². The Labute approximate surface area is 230 Å². The van der Waals surface area contributed by atoms with Crippen LogP contribution < -0.4 is 16.3 Å². The Morgan fingerprint density at radius 1 is 1.02 bits per heavy atom. The molecule has 6 rings (SSSR count). The van der Waals surface area contributed by atoms with Gasteiger partial charge in [-0.05, 0) is 72.6 Å². The first-order valence-electron chi connectivity index (χ1n) is 12.6. The molecule has 0 fully saturated rings. The van der Waals surface area contributed by atoms with E-state index in [1.54, 1.807) is 30.5 Å². The zero-order valence-corrected chi connectivity index (χ0v) is 21.5. The monoisotopic (exact) mass is 559 g/mol. The van der Waals surface area contributed by atoms with Crippen LogP contribution in [0.5, 0.6) is 0 Å². The number of hydrogen-bond donors (Lipinski definition) is 2. The number of fused-ring (bicyclic) bond motifs is 3. The lowest BCUT2D eigenvalue weighted by atomic mass is 9.98. The summed E-state index contributed by atoms with van der Waals surface area (Å²) in [6, 6.07) is 14.5. The highest BCUT2D eigenvalue weighted by Crippen LogP contribution is 2.39. The molecule has 1 amide bonds. The molecule has 4 heterocycles. The first-order valence-corrected chi connectivity index (χ1v) is 12.6. The standard InChI is InChI=1S/C29H21F4N7O/c1-16-2-5-21(37-27(41)24-13-18(8-9-34-24)29(31,32)33)14-22(16)23-12-17-15-36-28(38-20-6-3-19(30)4-7-20)39-25(17)40-11-10-35-26(23)40/h2-9,12-15,35H,10-11H2,1H3,(H,37,41). The number of nitrogens with zero attached hydrogens (tertiary/aromatic N) is 5. The van der Waals surface area contributed by atoms with Crippen LogP contribution >= 0.6 is 0 Å². The van der Waals surface area contributed by atoms with Crippen LogP contribution in [0.2, 0.25) is 0 Å². The molecule has 206 valence electrons. The number of aryl methyl sites for hydroxylation is 1. The molecule has 0 bridgehead atoms. The van der Waals surface area contributed by atoms with E-state index in [0.717, 1.165) is 46.4 Å². The number of amides is 1. The van der Waals surface area contributed by atoms with Crippen LogP contribution in [0.15, 0.2) is 78.0 Å². The van der Waals surface area contributed by atoms with Crippen molar-refractivity contribution in [2.45, 2.75) is 19.6 Å². The zero-order chi connectivity index (χ0) is 28.7. The predicted octanol–water partition coefficient (Wildman–Crippen LogP) is 5.82. The fourth-order valence-corrected chi connectivity index (χ4v) is 4.67. The van der Waals surface area contributed by atoms with Crippen molar-refractivity contribution in [3.8, 4) is 22.5 Å². The highest BCUT2D eigenvalue weighted by molar-refractivity contribution is 6.03. The molecule has 0 spiro atoms. The topological polar surface area (TPSA) is 97.1 Å². The Kier molecular flexibility index (Phi) is 6.45. The minimum absolute atomic E-state index is 0.238. The predicted molar refractivity (Wildman–Crippen MR) is 144 cm³/mol. The lowest BCUT2D eigenvalue weighted by molar-refractivity contribution is -0.137. The molecule has 0 atom stereocenters. The van der Waals surface area contributed by atoms with Crippen LogP contribution in [-0.2, 0) is 12.7 Å². The van der Waals surface area contributed by atoms with Gasteiger partial charge < -0.3 is 15.2 Å². The van der Waals surface area contributed by atoms with Crippen molar-refractivity contribution in [2.24, 2.45) is 4.99 Å². The van der Waals surface area contributed by atoms with Gasteiger partial charge in [0.15, 0.2) is 0 Å².